The van der Waals surface area contributed by atoms with Crippen LogP contribution in [0.25, 0.3) is 116 Å². The Bertz CT molecular complexity index is 3520. The predicted octanol–water partition coefficient (Wildman–Crippen LogP) is 14.6. The first-order chi connectivity index (χ1) is 28.2. The Labute approximate surface area is 327 Å². The Balaban J connectivity index is 1.08. The number of nitrogens with zero attached hydrogens (tertiary/aromatic N) is 2. The minimum atomic E-state index is 0.827. The van der Waals surface area contributed by atoms with E-state index < -0.39 is 0 Å². The van der Waals surface area contributed by atoms with Gasteiger partial charge in [-0.3, -0.25) is 0 Å². The van der Waals surface area contributed by atoms with E-state index in [1.54, 1.807) is 0 Å². The van der Waals surface area contributed by atoms with E-state index in [0.717, 1.165) is 94.3 Å². The highest BCUT2D eigenvalue weighted by molar-refractivity contribution is 6.16. The maximum atomic E-state index is 6.60. The maximum Gasteiger partial charge on any atom is 0.136 e. The summed E-state index contributed by atoms with van der Waals surface area (Å²) in [7, 11) is 0. The third-order valence-electron chi connectivity index (χ3n) is 11.4. The van der Waals surface area contributed by atoms with E-state index in [1.807, 2.05) is 12.1 Å². The molecule has 4 heteroatoms. The lowest BCUT2D eigenvalue weighted by Gasteiger charge is -2.12. The first kappa shape index (κ1) is 31.6. The van der Waals surface area contributed by atoms with E-state index in [9.17, 15) is 0 Å². The molecule has 0 bridgehead atoms. The molecule has 4 heterocycles. The molecule has 0 aliphatic carbocycles. The highest BCUT2D eigenvalue weighted by atomic mass is 16.3. The van der Waals surface area contributed by atoms with Gasteiger partial charge in [-0.05, 0) is 83.4 Å². The monoisotopic (exact) mass is 728 g/mol. The van der Waals surface area contributed by atoms with Crippen LogP contribution >= 0.6 is 0 Å². The van der Waals surface area contributed by atoms with Crippen molar-refractivity contribution < 1.29 is 8.83 Å². The van der Waals surface area contributed by atoms with E-state index in [2.05, 4.69) is 187 Å². The van der Waals surface area contributed by atoms with Gasteiger partial charge < -0.3 is 13.4 Å². The van der Waals surface area contributed by atoms with Gasteiger partial charge in [0.2, 0.25) is 0 Å². The number of para-hydroxylation sites is 4. The third kappa shape index (κ3) is 4.98. The Morgan fingerprint density at radius 1 is 0.351 bits per heavy atom. The second kappa shape index (κ2) is 12.4. The molecule has 0 saturated heterocycles. The quantitative estimate of drug-likeness (QED) is 0.177. The molecular formula is C53H32N2O2. The summed E-state index contributed by atoms with van der Waals surface area (Å²) < 4.78 is 15.3. The summed E-state index contributed by atoms with van der Waals surface area (Å²) in [6.07, 6.45) is 0. The lowest BCUT2D eigenvalue weighted by atomic mass is 9.96. The van der Waals surface area contributed by atoms with Crippen molar-refractivity contribution in [2.45, 2.75) is 0 Å². The standard InChI is InChI=1S/C53H32N2O2/c1-3-13-33(14-4-1)36-30-45(35-25-27-41-40-18-8-10-23-48(40)57-51(41)32-35)54-46(31-36)43-21-12-24-50-52(43)44-29-34(26-28-49(44)56-50)38-19-11-20-42-39-17-7-9-22-47(39)55(53(38)42)37-15-5-2-6-16-37/h1-32H. The number of fused-ring (bicyclic) bond motifs is 9. The number of hydrogen-bond donors (Lipinski definition) is 0. The largest absolute Gasteiger partial charge is 0.456 e. The molecule has 12 rings (SSSR count). The van der Waals surface area contributed by atoms with Crippen LogP contribution in [0, 0.1) is 0 Å². The number of hydrogen-bond acceptors (Lipinski definition) is 3. The molecule has 4 nitrogen and oxygen atoms in total. The van der Waals surface area contributed by atoms with Crippen LogP contribution in [0.3, 0.4) is 0 Å². The minimum Gasteiger partial charge on any atom is -0.456 e. The molecule has 0 unspecified atom stereocenters. The third-order valence-corrected chi connectivity index (χ3v) is 11.4. The van der Waals surface area contributed by atoms with Gasteiger partial charge in [-0.15, -0.1) is 0 Å². The van der Waals surface area contributed by atoms with Crippen LogP contribution in [0.4, 0.5) is 0 Å². The molecule has 0 aliphatic heterocycles. The van der Waals surface area contributed by atoms with Gasteiger partial charge in [0.1, 0.15) is 22.3 Å². The summed E-state index contributed by atoms with van der Waals surface area (Å²) in [5.41, 5.74) is 15.2. The molecule has 0 fully saturated rings. The molecule has 0 N–H and O–H groups in total. The highest BCUT2D eigenvalue weighted by Gasteiger charge is 2.20. The lowest BCUT2D eigenvalue weighted by Crippen LogP contribution is -1.95. The van der Waals surface area contributed by atoms with E-state index in [4.69, 9.17) is 13.8 Å². The molecule has 0 amide bonds. The van der Waals surface area contributed by atoms with Gasteiger partial charge in [0.15, 0.2) is 0 Å². The summed E-state index contributed by atoms with van der Waals surface area (Å²) in [4.78, 5) is 5.40. The number of aromatic nitrogens is 2. The van der Waals surface area contributed by atoms with Crippen molar-refractivity contribution in [3.05, 3.63) is 194 Å². The van der Waals surface area contributed by atoms with Crippen LogP contribution in [-0.2, 0) is 0 Å². The zero-order chi connectivity index (χ0) is 37.5. The van der Waals surface area contributed by atoms with Crippen molar-refractivity contribution in [3.63, 3.8) is 0 Å². The Morgan fingerprint density at radius 2 is 1.00 bits per heavy atom. The summed E-state index contributed by atoms with van der Waals surface area (Å²) >= 11 is 0. The maximum absolute atomic E-state index is 6.60. The predicted molar refractivity (Wildman–Crippen MR) is 235 cm³/mol. The van der Waals surface area contributed by atoms with Crippen molar-refractivity contribution in [3.8, 4) is 50.5 Å². The van der Waals surface area contributed by atoms with Crippen LogP contribution in [-0.4, -0.2) is 9.55 Å². The second-order valence-electron chi connectivity index (χ2n) is 14.7. The molecule has 57 heavy (non-hydrogen) atoms. The fourth-order valence-corrected chi connectivity index (χ4v) is 8.80. The fourth-order valence-electron chi connectivity index (χ4n) is 8.80. The van der Waals surface area contributed by atoms with Gasteiger partial charge in [0, 0.05) is 54.7 Å². The fraction of sp³-hybridized carbons (Fsp3) is 0. The van der Waals surface area contributed by atoms with Crippen molar-refractivity contribution in [1.82, 2.24) is 9.55 Å². The second-order valence-corrected chi connectivity index (χ2v) is 14.7. The number of furan rings is 2. The van der Waals surface area contributed by atoms with Gasteiger partial charge >= 0.3 is 0 Å². The van der Waals surface area contributed by atoms with E-state index >= 15 is 0 Å². The van der Waals surface area contributed by atoms with E-state index in [0.29, 0.717) is 0 Å². The molecule has 0 spiro atoms. The number of rotatable bonds is 5. The molecule has 8 aromatic carbocycles. The Kier molecular flexibility index (Phi) is 6.89. The van der Waals surface area contributed by atoms with Crippen LogP contribution in [0.5, 0.6) is 0 Å². The Hall–Kier alpha value is -7.69. The van der Waals surface area contributed by atoms with E-state index in [1.165, 1.54) is 21.8 Å². The average molecular weight is 729 g/mol. The molecule has 0 aliphatic rings. The van der Waals surface area contributed by atoms with Crippen molar-refractivity contribution in [2.75, 3.05) is 0 Å². The first-order valence-electron chi connectivity index (χ1n) is 19.3. The average Bonchev–Trinajstić information content (AvgIpc) is 3.96. The van der Waals surface area contributed by atoms with Gasteiger partial charge in [-0.25, -0.2) is 4.98 Å². The van der Waals surface area contributed by atoms with Crippen LogP contribution < -0.4 is 0 Å². The Morgan fingerprint density at radius 3 is 1.89 bits per heavy atom. The van der Waals surface area contributed by atoms with E-state index in [-0.39, 0.29) is 0 Å². The van der Waals surface area contributed by atoms with Gasteiger partial charge in [-0.1, -0.05) is 127 Å². The van der Waals surface area contributed by atoms with Gasteiger partial charge in [0.25, 0.3) is 0 Å². The highest BCUT2D eigenvalue weighted by Crippen LogP contribution is 2.43. The minimum absolute atomic E-state index is 0.827. The summed E-state index contributed by atoms with van der Waals surface area (Å²) in [6.45, 7) is 0. The van der Waals surface area contributed by atoms with Crippen LogP contribution in [0.1, 0.15) is 0 Å². The zero-order valence-corrected chi connectivity index (χ0v) is 30.7. The summed E-state index contributed by atoms with van der Waals surface area (Å²) in [6, 6.07) is 68.4. The molecular weight excluding hydrogens is 697 g/mol. The van der Waals surface area contributed by atoms with Crippen molar-refractivity contribution in [2.24, 2.45) is 0 Å². The van der Waals surface area contributed by atoms with Crippen LogP contribution in [0.15, 0.2) is 203 Å². The van der Waals surface area contributed by atoms with Gasteiger partial charge in [-0.2, -0.15) is 0 Å². The zero-order valence-electron chi connectivity index (χ0n) is 30.7. The summed E-state index contributed by atoms with van der Waals surface area (Å²) in [5, 5.41) is 6.76. The topological polar surface area (TPSA) is 44.1 Å². The SMILES string of the molecule is c1ccc(-c2cc(-c3ccc4c(c3)oc3ccccc34)nc(-c3cccc4oc5ccc(-c6cccc7c8ccccc8n(-c8ccccc8)c67)cc5c34)c2)cc1. The molecule has 266 valence electrons. The normalized spacial score (nSPS) is 11.9. The lowest BCUT2D eigenvalue weighted by molar-refractivity contribution is 0.668. The first-order valence-corrected chi connectivity index (χ1v) is 19.3. The van der Waals surface area contributed by atoms with Crippen molar-refractivity contribution in [1.29, 1.82) is 0 Å². The van der Waals surface area contributed by atoms with Crippen LogP contribution in [0.2, 0.25) is 0 Å². The summed E-state index contributed by atoms with van der Waals surface area (Å²) in [5.74, 6) is 0. The van der Waals surface area contributed by atoms with Crippen molar-refractivity contribution >= 4 is 65.7 Å². The molecule has 0 atom stereocenters. The number of pyridine rings is 1. The van der Waals surface area contributed by atoms with Gasteiger partial charge in [0.05, 0.1) is 22.4 Å². The molecule has 12 aromatic rings. The molecule has 0 saturated carbocycles. The number of benzene rings is 8. The smallest absolute Gasteiger partial charge is 0.136 e. The molecule has 4 aromatic heterocycles. The molecule has 0 radical (unpaired) electrons.